The van der Waals surface area contributed by atoms with Crippen LogP contribution in [0.1, 0.15) is 26.7 Å². The molecule has 1 rings (SSSR count). The van der Waals surface area contributed by atoms with Gasteiger partial charge >= 0.3 is 6.09 Å². The molecule has 0 bridgehead atoms. The SMILES string of the molecule is CC(C)C(O)C(=O)NCC1CCN(C(=O)O)CC1. The third kappa shape index (κ3) is 4.18. The number of aliphatic hydroxyl groups is 1. The molecule has 1 saturated heterocycles. The number of carboxylic acid groups (broad SMARTS) is 1. The van der Waals surface area contributed by atoms with Crippen LogP contribution in [0.5, 0.6) is 0 Å². The summed E-state index contributed by atoms with van der Waals surface area (Å²) in [5.41, 5.74) is 0. The molecule has 104 valence electrons. The van der Waals surface area contributed by atoms with Crippen molar-refractivity contribution in [1.29, 1.82) is 0 Å². The van der Waals surface area contributed by atoms with Gasteiger partial charge in [-0.2, -0.15) is 0 Å². The molecule has 2 amide bonds. The van der Waals surface area contributed by atoms with Gasteiger partial charge in [0.25, 0.3) is 0 Å². The van der Waals surface area contributed by atoms with Crippen LogP contribution < -0.4 is 5.32 Å². The summed E-state index contributed by atoms with van der Waals surface area (Å²) < 4.78 is 0. The standard InChI is InChI=1S/C12H22N2O4/c1-8(2)10(15)11(16)13-7-9-3-5-14(6-4-9)12(17)18/h8-10,15H,3-7H2,1-2H3,(H,13,16)(H,17,18). The average molecular weight is 258 g/mol. The van der Waals surface area contributed by atoms with Gasteiger partial charge < -0.3 is 20.4 Å². The number of aliphatic hydroxyl groups excluding tert-OH is 1. The first kappa shape index (κ1) is 14.8. The van der Waals surface area contributed by atoms with Crippen molar-refractivity contribution in [2.45, 2.75) is 32.8 Å². The van der Waals surface area contributed by atoms with E-state index in [0.29, 0.717) is 25.6 Å². The number of hydrogen-bond donors (Lipinski definition) is 3. The first-order valence-corrected chi connectivity index (χ1v) is 6.35. The van der Waals surface area contributed by atoms with E-state index in [9.17, 15) is 14.7 Å². The van der Waals surface area contributed by atoms with Crippen LogP contribution in [-0.4, -0.2) is 52.9 Å². The number of rotatable bonds is 4. The predicted octanol–water partition coefficient (Wildman–Crippen LogP) is 0.509. The fourth-order valence-corrected chi connectivity index (χ4v) is 1.98. The lowest BCUT2D eigenvalue weighted by molar-refractivity contribution is -0.131. The zero-order chi connectivity index (χ0) is 13.7. The Morgan fingerprint density at radius 1 is 1.33 bits per heavy atom. The van der Waals surface area contributed by atoms with Crippen LogP contribution in [-0.2, 0) is 4.79 Å². The number of hydrogen-bond acceptors (Lipinski definition) is 3. The lowest BCUT2D eigenvalue weighted by atomic mass is 9.96. The van der Waals surface area contributed by atoms with E-state index in [0.717, 1.165) is 12.8 Å². The van der Waals surface area contributed by atoms with Crippen molar-refractivity contribution in [2.75, 3.05) is 19.6 Å². The number of nitrogens with zero attached hydrogens (tertiary/aromatic N) is 1. The fourth-order valence-electron chi connectivity index (χ4n) is 1.98. The van der Waals surface area contributed by atoms with Crippen molar-refractivity contribution in [3.8, 4) is 0 Å². The largest absolute Gasteiger partial charge is 0.465 e. The topological polar surface area (TPSA) is 89.9 Å². The highest BCUT2D eigenvalue weighted by Crippen LogP contribution is 2.16. The van der Waals surface area contributed by atoms with E-state index in [-0.39, 0.29) is 11.8 Å². The molecule has 1 aliphatic rings. The second-order valence-electron chi connectivity index (χ2n) is 5.15. The Morgan fingerprint density at radius 3 is 2.33 bits per heavy atom. The maximum absolute atomic E-state index is 11.5. The summed E-state index contributed by atoms with van der Waals surface area (Å²) in [4.78, 5) is 23.6. The van der Waals surface area contributed by atoms with E-state index in [1.807, 2.05) is 0 Å². The summed E-state index contributed by atoms with van der Waals surface area (Å²) in [5, 5.41) is 21.1. The van der Waals surface area contributed by atoms with Crippen LogP contribution in [0.4, 0.5) is 4.79 Å². The van der Waals surface area contributed by atoms with Crippen LogP contribution in [0.25, 0.3) is 0 Å². The summed E-state index contributed by atoms with van der Waals surface area (Å²) in [6.45, 7) is 5.12. The normalized spacial score (nSPS) is 18.8. The molecule has 0 spiro atoms. The van der Waals surface area contributed by atoms with Gasteiger partial charge in [0.2, 0.25) is 5.91 Å². The van der Waals surface area contributed by atoms with E-state index in [4.69, 9.17) is 5.11 Å². The molecular weight excluding hydrogens is 236 g/mol. The van der Waals surface area contributed by atoms with Crippen LogP contribution in [0.2, 0.25) is 0 Å². The van der Waals surface area contributed by atoms with Gasteiger partial charge in [0.1, 0.15) is 6.10 Å². The molecule has 1 aliphatic heterocycles. The number of piperidine rings is 1. The minimum absolute atomic E-state index is 0.0983. The number of amides is 2. The molecular formula is C12H22N2O4. The highest BCUT2D eigenvalue weighted by molar-refractivity contribution is 5.80. The Morgan fingerprint density at radius 2 is 1.89 bits per heavy atom. The van der Waals surface area contributed by atoms with Crippen LogP contribution in [0.15, 0.2) is 0 Å². The maximum Gasteiger partial charge on any atom is 0.407 e. The molecule has 1 heterocycles. The molecule has 0 aromatic heterocycles. The third-order valence-corrected chi connectivity index (χ3v) is 3.35. The van der Waals surface area contributed by atoms with Gasteiger partial charge in [-0.1, -0.05) is 13.8 Å². The van der Waals surface area contributed by atoms with Crippen LogP contribution in [0.3, 0.4) is 0 Å². The summed E-state index contributed by atoms with van der Waals surface area (Å²) in [5.74, 6) is -0.145. The highest BCUT2D eigenvalue weighted by atomic mass is 16.4. The molecule has 0 aromatic rings. The van der Waals surface area contributed by atoms with Crippen molar-refractivity contribution in [3.05, 3.63) is 0 Å². The van der Waals surface area contributed by atoms with E-state index in [2.05, 4.69) is 5.32 Å². The summed E-state index contributed by atoms with van der Waals surface area (Å²) in [6.07, 6.45) is -0.342. The summed E-state index contributed by atoms with van der Waals surface area (Å²) >= 11 is 0. The van der Waals surface area contributed by atoms with E-state index >= 15 is 0 Å². The second kappa shape index (κ2) is 6.58. The molecule has 18 heavy (non-hydrogen) atoms. The van der Waals surface area contributed by atoms with Gasteiger partial charge in [-0.3, -0.25) is 4.79 Å². The number of likely N-dealkylation sites (tertiary alicyclic amines) is 1. The summed E-state index contributed by atoms with van der Waals surface area (Å²) in [7, 11) is 0. The molecule has 3 N–H and O–H groups in total. The predicted molar refractivity (Wildman–Crippen MR) is 66.2 cm³/mol. The van der Waals surface area contributed by atoms with Gasteiger partial charge in [-0.15, -0.1) is 0 Å². The monoisotopic (exact) mass is 258 g/mol. The second-order valence-corrected chi connectivity index (χ2v) is 5.15. The Kier molecular flexibility index (Phi) is 5.40. The molecule has 1 unspecified atom stereocenters. The van der Waals surface area contributed by atoms with Gasteiger partial charge in [0, 0.05) is 19.6 Å². The molecule has 0 aliphatic carbocycles. The Labute approximate surface area is 107 Å². The van der Waals surface area contributed by atoms with E-state index in [1.165, 1.54) is 4.90 Å². The lowest BCUT2D eigenvalue weighted by Crippen LogP contribution is -2.43. The van der Waals surface area contributed by atoms with Crippen molar-refractivity contribution < 1.29 is 19.8 Å². The smallest absolute Gasteiger partial charge is 0.407 e. The van der Waals surface area contributed by atoms with E-state index < -0.39 is 12.2 Å². The molecule has 0 saturated carbocycles. The zero-order valence-corrected chi connectivity index (χ0v) is 10.9. The molecule has 0 radical (unpaired) electrons. The molecule has 0 aromatic carbocycles. The molecule has 6 nitrogen and oxygen atoms in total. The zero-order valence-electron chi connectivity index (χ0n) is 10.9. The van der Waals surface area contributed by atoms with Crippen LogP contribution in [0, 0.1) is 11.8 Å². The van der Waals surface area contributed by atoms with Crippen LogP contribution >= 0.6 is 0 Å². The van der Waals surface area contributed by atoms with Crippen molar-refractivity contribution in [2.24, 2.45) is 11.8 Å². The quantitative estimate of drug-likeness (QED) is 0.685. The maximum atomic E-state index is 11.5. The minimum atomic E-state index is -0.968. The minimum Gasteiger partial charge on any atom is -0.465 e. The molecule has 1 atom stereocenters. The van der Waals surface area contributed by atoms with Crippen molar-refractivity contribution >= 4 is 12.0 Å². The van der Waals surface area contributed by atoms with Gasteiger partial charge in [-0.05, 0) is 24.7 Å². The van der Waals surface area contributed by atoms with Gasteiger partial charge in [0.15, 0.2) is 0 Å². The number of carbonyl (C=O) groups excluding carboxylic acids is 1. The molecule has 1 fully saturated rings. The number of carbonyl (C=O) groups is 2. The Balaban J connectivity index is 2.26. The fraction of sp³-hybridized carbons (Fsp3) is 0.833. The Bertz CT molecular complexity index is 298. The first-order chi connectivity index (χ1) is 8.41. The Hall–Kier alpha value is -1.30. The highest BCUT2D eigenvalue weighted by Gasteiger charge is 2.24. The summed E-state index contributed by atoms with van der Waals surface area (Å²) in [6, 6.07) is 0. The van der Waals surface area contributed by atoms with Crippen molar-refractivity contribution in [1.82, 2.24) is 10.2 Å². The number of nitrogens with one attached hydrogen (secondary N) is 1. The van der Waals surface area contributed by atoms with Gasteiger partial charge in [0.05, 0.1) is 0 Å². The first-order valence-electron chi connectivity index (χ1n) is 6.35. The molecule has 6 heteroatoms. The third-order valence-electron chi connectivity index (χ3n) is 3.35. The average Bonchev–Trinajstić information content (AvgIpc) is 2.35. The lowest BCUT2D eigenvalue weighted by Gasteiger charge is -2.30. The van der Waals surface area contributed by atoms with Crippen molar-refractivity contribution in [3.63, 3.8) is 0 Å². The van der Waals surface area contributed by atoms with Gasteiger partial charge in [-0.25, -0.2) is 4.79 Å². The van der Waals surface area contributed by atoms with E-state index in [1.54, 1.807) is 13.8 Å².